The first-order valence-electron chi connectivity index (χ1n) is 12.0. The van der Waals surface area contributed by atoms with Crippen molar-refractivity contribution in [2.45, 2.75) is 22.7 Å². The molecule has 1 aromatic heterocycles. The molecule has 0 radical (unpaired) electrons. The first-order valence-corrected chi connectivity index (χ1v) is 14.4. The Morgan fingerprint density at radius 2 is 1.62 bits per heavy atom. The zero-order chi connectivity index (χ0) is 27.3. The van der Waals surface area contributed by atoms with Crippen LogP contribution in [0.1, 0.15) is 16.4 Å². The van der Waals surface area contributed by atoms with Gasteiger partial charge in [0.15, 0.2) is 0 Å². The molecule has 11 heteroatoms. The second-order valence-electron chi connectivity index (χ2n) is 9.12. The van der Waals surface area contributed by atoms with E-state index < -0.39 is 28.8 Å². The molecule has 3 aromatic carbocycles. The van der Waals surface area contributed by atoms with Crippen molar-refractivity contribution < 1.29 is 18.8 Å². The lowest BCUT2D eigenvalue weighted by molar-refractivity contribution is -0.122. The summed E-state index contributed by atoms with van der Waals surface area (Å²) in [5.41, 5.74) is 1.69. The normalized spacial score (nSPS) is 20.1. The zero-order valence-electron chi connectivity index (χ0n) is 20.0. The molecule has 2 aliphatic heterocycles. The number of carbonyl (C=O) groups excluding carboxylic acids is 3. The second kappa shape index (κ2) is 10.2. The SMILES string of the molecule is O=C(Cn1c2c(sc1=O)[C@H](c1ccc(Br)cc1)C1C(=O)N(c3ccccc3)C(=O)C1S2)Nc1ccc(F)cc1. The Hall–Kier alpha value is -3.54. The number of aromatic nitrogens is 1. The number of carbonyl (C=O) groups is 3. The van der Waals surface area contributed by atoms with Crippen LogP contribution in [-0.2, 0) is 20.9 Å². The molecule has 2 unspecified atom stereocenters. The van der Waals surface area contributed by atoms with E-state index in [2.05, 4.69) is 21.2 Å². The summed E-state index contributed by atoms with van der Waals surface area (Å²) in [5.74, 6) is -2.81. The van der Waals surface area contributed by atoms with Crippen molar-refractivity contribution in [3.8, 4) is 0 Å². The van der Waals surface area contributed by atoms with Crippen molar-refractivity contribution in [2.75, 3.05) is 10.2 Å². The fourth-order valence-corrected chi connectivity index (χ4v) is 8.03. The smallest absolute Gasteiger partial charge is 0.308 e. The van der Waals surface area contributed by atoms with E-state index in [1.165, 1.54) is 33.7 Å². The van der Waals surface area contributed by atoms with Crippen LogP contribution in [0.3, 0.4) is 0 Å². The van der Waals surface area contributed by atoms with E-state index >= 15 is 0 Å². The van der Waals surface area contributed by atoms with Gasteiger partial charge in [0.25, 0.3) is 0 Å². The van der Waals surface area contributed by atoms with Crippen molar-refractivity contribution in [2.24, 2.45) is 5.92 Å². The third kappa shape index (κ3) is 4.64. The monoisotopic (exact) mass is 623 g/mol. The van der Waals surface area contributed by atoms with Gasteiger partial charge in [-0.15, -0.1) is 0 Å². The highest BCUT2D eigenvalue weighted by molar-refractivity contribution is 9.10. The van der Waals surface area contributed by atoms with Crippen molar-refractivity contribution in [1.29, 1.82) is 0 Å². The van der Waals surface area contributed by atoms with Crippen LogP contribution in [0.2, 0.25) is 0 Å². The van der Waals surface area contributed by atoms with Crippen molar-refractivity contribution >= 4 is 68.1 Å². The van der Waals surface area contributed by atoms with Gasteiger partial charge in [0, 0.05) is 21.0 Å². The van der Waals surface area contributed by atoms with Gasteiger partial charge in [-0.05, 0) is 54.1 Å². The van der Waals surface area contributed by atoms with Crippen LogP contribution < -0.4 is 15.1 Å². The lowest BCUT2D eigenvalue weighted by Gasteiger charge is -2.30. The Morgan fingerprint density at radius 3 is 2.31 bits per heavy atom. The molecule has 3 amide bonds. The maximum Gasteiger partial charge on any atom is 0.308 e. The summed E-state index contributed by atoms with van der Waals surface area (Å²) in [7, 11) is 0. The van der Waals surface area contributed by atoms with Crippen LogP contribution in [0.25, 0.3) is 0 Å². The molecule has 1 saturated heterocycles. The minimum atomic E-state index is -0.765. The predicted octanol–water partition coefficient (Wildman–Crippen LogP) is 5.25. The molecule has 2 aliphatic rings. The van der Waals surface area contributed by atoms with Gasteiger partial charge in [-0.25, -0.2) is 9.29 Å². The number of thioether (sulfide) groups is 1. The lowest BCUT2D eigenvalue weighted by Crippen LogP contribution is -2.33. The highest BCUT2D eigenvalue weighted by Gasteiger charge is 2.56. The molecular weight excluding hydrogens is 605 g/mol. The number of imide groups is 1. The van der Waals surface area contributed by atoms with E-state index in [9.17, 15) is 23.6 Å². The van der Waals surface area contributed by atoms with Gasteiger partial charge in [-0.3, -0.25) is 23.7 Å². The van der Waals surface area contributed by atoms with Gasteiger partial charge in [0.05, 0.1) is 16.6 Å². The molecule has 4 aromatic rings. The van der Waals surface area contributed by atoms with Crippen LogP contribution in [0, 0.1) is 11.7 Å². The zero-order valence-corrected chi connectivity index (χ0v) is 23.3. The standard InChI is InChI=1S/C28H19BrFN3O4S2/c29-16-8-6-15(7-9-16)21-22-23(26(36)33(25(22)35)19-4-2-1-3-5-19)38-27-24(21)39-28(37)32(27)14-20(34)31-18-12-10-17(30)11-13-18/h1-13,21-23H,14H2,(H,31,34)/t21-,22?,23?/m1/s1. The lowest BCUT2D eigenvalue weighted by atomic mass is 9.83. The van der Waals surface area contributed by atoms with Crippen LogP contribution in [0.4, 0.5) is 15.8 Å². The number of hydrogen-bond acceptors (Lipinski definition) is 6. The molecule has 1 fully saturated rings. The number of thiazole rings is 1. The van der Waals surface area contributed by atoms with Gasteiger partial charge < -0.3 is 5.32 Å². The highest BCUT2D eigenvalue weighted by atomic mass is 79.9. The summed E-state index contributed by atoms with van der Waals surface area (Å²) in [4.78, 5) is 55.1. The van der Waals surface area contributed by atoms with E-state index in [0.717, 1.165) is 33.1 Å². The predicted molar refractivity (Wildman–Crippen MR) is 152 cm³/mol. The number of amides is 3. The Balaban J connectivity index is 1.40. The summed E-state index contributed by atoms with van der Waals surface area (Å²) in [6.45, 7) is -0.288. The number of hydrogen-bond donors (Lipinski definition) is 1. The van der Waals surface area contributed by atoms with Crippen LogP contribution in [0.5, 0.6) is 0 Å². The van der Waals surface area contributed by atoms with E-state index in [1.54, 1.807) is 24.3 Å². The van der Waals surface area contributed by atoms with E-state index in [1.807, 2.05) is 30.3 Å². The molecule has 0 bridgehead atoms. The van der Waals surface area contributed by atoms with Gasteiger partial charge in [0.1, 0.15) is 17.6 Å². The Bertz CT molecular complexity index is 1660. The quantitative estimate of drug-likeness (QED) is 0.307. The molecule has 3 heterocycles. The Labute approximate surface area is 238 Å². The molecule has 0 saturated carbocycles. The summed E-state index contributed by atoms with van der Waals surface area (Å²) in [6.07, 6.45) is 0. The van der Waals surface area contributed by atoms with E-state index in [4.69, 9.17) is 0 Å². The van der Waals surface area contributed by atoms with Crippen LogP contribution in [0.15, 0.2) is 93.2 Å². The van der Waals surface area contributed by atoms with Crippen LogP contribution in [-0.4, -0.2) is 27.5 Å². The summed E-state index contributed by atoms with van der Waals surface area (Å²) >= 11 is 5.59. The van der Waals surface area contributed by atoms with Gasteiger partial charge in [0.2, 0.25) is 17.7 Å². The summed E-state index contributed by atoms with van der Waals surface area (Å²) in [6, 6.07) is 21.6. The van der Waals surface area contributed by atoms with Crippen molar-refractivity contribution in [1.82, 2.24) is 4.57 Å². The molecule has 1 N–H and O–H groups in total. The number of fused-ring (bicyclic) bond motifs is 2. The third-order valence-corrected chi connectivity index (χ3v) is 9.85. The largest absolute Gasteiger partial charge is 0.325 e. The molecule has 7 nitrogen and oxygen atoms in total. The highest BCUT2D eigenvalue weighted by Crippen LogP contribution is 2.53. The first kappa shape index (κ1) is 25.7. The van der Waals surface area contributed by atoms with Crippen LogP contribution >= 0.6 is 39.0 Å². The van der Waals surface area contributed by atoms with Crippen molar-refractivity contribution in [3.05, 3.63) is 109 Å². The molecule has 0 spiro atoms. The van der Waals surface area contributed by atoms with Gasteiger partial charge >= 0.3 is 4.87 Å². The maximum atomic E-state index is 13.8. The number of anilines is 2. The Morgan fingerprint density at radius 1 is 0.923 bits per heavy atom. The average molecular weight is 625 g/mol. The number of benzene rings is 3. The summed E-state index contributed by atoms with van der Waals surface area (Å²) < 4.78 is 15.5. The molecule has 39 heavy (non-hydrogen) atoms. The maximum absolute atomic E-state index is 13.8. The van der Waals surface area contributed by atoms with E-state index in [0.29, 0.717) is 21.3 Å². The third-order valence-electron chi connectivity index (χ3n) is 6.72. The van der Waals surface area contributed by atoms with E-state index in [-0.39, 0.29) is 23.2 Å². The molecule has 196 valence electrons. The number of nitrogens with zero attached hydrogens (tertiary/aromatic N) is 2. The Kier molecular flexibility index (Phi) is 6.74. The number of halogens is 2. The molecule has 6 rings (SSSR count). The average Bonchev–Trinajstić information content (AvgIpc) is 3.37. The fraction of sp³-hybridized carbons (Fsp3) is 0.143. The van der Waals surface area contributed by atoms with Gasteiger partial charge in [-0.1, -0.05) is 69.4 Å². The molecule has 3 atom stereocenters. The molecule has 0 aliphatic carbocycles. The topological polar surface area (TPSA) is 88.5 Å². The fourth-order valence-electron chi connectivity index (χ4n) is 4.99. The number of nitrogens with one attached hydrogen (secondary N) is 1. The number of rotatable bonds is 5. The van der Waals surface area contributed by atoms with Crippen molar-refractivity contribution in [3.63, 3.8) is 0 Å². The minimum Gasteiger partial charge on any atom is -0.325 e. The second-order valence-corrected chi connectivity index (χ2v) is 12.2. The number of para-hydroxylation sites is 1. The molecular formula is C28H19BrFN3O4S2. The first-order chi connectivity index (χ1) is 18.8. The van der Waals surface area contributed by atoms with Gasteiger partial charge in [-0.2, -0.15) is 0 Å². The minimum absolute atomic E-state index is 0.288. The summed E-state index contributed by atoms with van der Waals surface area (Å²) in [5, 5.41) is 2.42.